The molecule has 0 aliphatic carbocycles. The second-order valence-electron chi connectivity index (χ2n) is 3.60. The van der Waals surface area contributed by atoms with E-state index in [-0.39, 0.29) is 5.82 Å². The molecule has 0 radical (unpaired) electrons. The first kappa shape index (κ1) is 12.6. The number of halogens is 3. The molecule has 2 rings (SSSR count). The summed E-state index contributed by atoms with van der Waals surface area (Å²) in [7, 11) is 0. The van der Waals surface area contributed by atoms with Gasteiger partial charge in [-0.1, -0.05) is 28.1 Å². The zero-order valence-corrected chi connectivity index (χ0v) is 12.1. The highest BCUT2D eigenvalue weighted by atomic mass is 79.9. The summed E-state index contributed by atoms with van der Waals surface area (Å²) in [5, 5.41) is 3.29. The molecule has 4 heteroatoms. The Morgan fingerprint density at radius 2 is 1.71 bits per heavy atom. The molecule has 0 aliphatic rings. The highest BCUT2D eigenvalue weighted by Gasteiger charge is 2.00. The maximum absolute atomic E-state index is 12.7. The Kier molecular flexibility index (Phi) is 4.18. The van der Waals surface area contributed by atoms with Crippen molar-refractivity contribution in [2.75, 3.05) is 5.32 Å². The molecule has 88 valence electrons. The summed E-state index contributed by atoms with van der Waals surface area (Å²) in [6, 6.07) is 12.4. The first-order valence-electron chi connectivity index (χ1n) is 5.08. The van der Waals surface area contributed by atoms with Crippen LogP contribution in [-0.2, 0) is 6.54 Å². The molecule has 0 aromatic heterocycles. The normalized spacial score (nSPS) is 10.3. The van der Waals surface area contributed by atoms with Crippen molar-refractivity contribution in [3.05, 3.63) is 62.8 Å². The summed E-state index contributed by atoms with van der Waals surface area (Å²) in [5.41, 5.74) is 2.04. The van der Waals surface area contributed by atoms with Gasteiger partial charge in [0.15, 0.2) is 0 Å². The molecule has 0 aliphatic heterocycles. The summed E-state index contributed by atoms with van der Waals surface area (Å²) in [6.07, 6.45) is 0. The molecule has 0 bridgehead atoms. The lowest BCUT2D eigenvalue weighted by Crippen LogP contribution is -2.00. The molecule has 0 saturated carbocycles. The van der Waals surface area contributed by atoms with E-state index in [1.165, 1.54) is 12.1 Å². The van der Waals surface area contributed by atoms with E-state index in [4.69, 9.17) is 0 Å². The molecule has 1 nitrogen and oxygen atoms in total. The summed E-state index contributed by atoms with van der Waals surface area (Å²) >= 11 is 6.89. The van der Waals surface area contributed by atoms with E-state index in [0.717, 1.165) is 20.2 Å². The molecule has 2 aromatic rings. The average Bonchev–Trinajstić information content (AvgIpc) is 2.32. The summed E-state index contributed by atoms with van der Waals surface area (Å²) < 4.78 is 14.8. The van der Waals surface area contributed by atoms with Crippen LogP contribution in [0.3, 0.4) is 0 Å². The number of anilines is 1. The van der Waals surface area contributed by atoms with Crippen LogP contribution in [0.25, 0.3) is 0 Å². The van der Waals surface area contributed by atoms with Crippen molar-refractivity contribution in [3.8, 4) is 0 Å². The van der Waals surface area contributed by atoms with Gasteiger partial charge in [-0.25, -0.2) is 4.39 Å². The van der Waals surface area contributed by atoms with Crippen LogP contribution in [0.1, 0.15) is 5.56 Å². The Balaban J connectivity index is 2.07. The van der Waals surface area contributed by atoms with E-state index in [1.807, 2.05) is 18.2 Å². The minimum absolute atomic E-state index is 0.211. The van der Waals surface area contributed by atoms with Crippen LogP contribution in [0.4, 0.5) is 10.1 Å². The second kappa shape index (κ2) is 5.65. The van der Waals surface area contributed by atoms with Crippen LogP contribution in [0.2, 0.25) is 0 Å². The first-order valence-corrected chi connectivity index (χ1v) is 6.67. The molecule has 0 atom stereocenters. The van der Waals surface area contributed by atoms with Gasteiger partial charge in [0.1, 0.15) is 5.82 Å². The third-order valence-electron chi connectivity index (χ3n) is 2.32. The number of hydrogen-bond acceptors (Lipinski definition) is 1. The van der Waals surface area contributed by atoms with Crippen LogP contribution in [-0.4, -0.2) is 0 Å². The largest absolute Gasteiger partial charge is 0.380 e. The van der Waals surface area contributed by atoms with Crippen molar-refractivity contribution >= 4 is 37.5 Å². The molecule has 1 N–H and O–H groups in total. The van der Waals surface area contributed by atoms with E-state index in [1.54, 1.807) is 12.1 Å². The zero-order chi connectivity index (χ0) is 12.3. The Hall–Kier alpha value is -0.870. The molecule has 2 aromatic carbocycles. The lowest BCUT2D eigenvalue weighted by atomic mass is 10.2. The Morgan fingerprint density at radius 1 is 1.00 bits per heavy atom. The number of hydrogen-bond donors (Lipinski definition) is 1. The molecular formula is C13H10Br2FN. The molecule has 0 heterocycles. The van der Waals surface area contributed by atoms with Gasteiger partial charge in [0.25, 0.3) is 0 Å². The second-order valence-corrected chi connectivity index (χ2v) is 5.37. The molecule has 0 unspecified atom stereocenters. The number of benzene rings is 2. The monoisotopic (exact) mass is 357 g/mol. The van der Waals surface area contributed by atoms with E-state index in [2.05, 4.69) is 37.2 Å². The van der Waals surface area contributed by atoms with Crippen LogP contribution in [0, 0.1) is 5.82 Å². The van der Waals surface area contributed by atoms with E-state index < -0.39 is 0 Å². The van der Waals surface area contributed by atoms with Crippen molar-refractivity contribution in [1.82, 2.24) is 0 Å². The maximum atomic E-state index is 12.7. The van der Waals surface area contributed by atoms with E-state index >= 15 is 0 Å². The summed E-state index contributed by atoms with van der Waals surface area (Å²) in [6.45, 7) is 0.662. The van der Waals surface area contributed by atoms with E-state index in [9.17, 15) is 4.39 Å². The molecule has 17 heavy (non-hydrogen) atoms. The third-order valence-corrected chi connectivity index (χ3v) is 3.51. The van der Waals surface area contributed by atoms with Crippen LogP contribution in [0.15, 0.2) is 51.4 Å². The van der Waals surface area contributed by atoms with E-state index in [0.29, 0.717) is 6.54 Å². The predicted molar refractivity (Wildman–Crippen MR) is 75.6 cm³/mol. The van der Waals surface area contributed by atoms with Gasteiger partial charge in [0, 0.05) is 21.2 Å². The SMILES string of the molecule is Fc1ccc(CNc2cc(Br)ccc2Br)cc1. The molecule has 0 fully saturated rings. The van der Waals surface area contributed by atoms with Gasteiger partial charge in [-0.15, -0.1) is 0 Å². The number of rotatable bonds is 3. The van der Waals surface area contributed by atoms with Gasteiger partial charge in [0.2, 0.25) is 0 Å². The number of nitrogens with one attached hydrogen (secondary N) is 1. The fourth-order valence-corrected chi connectivity index (χ4v) is 2.18. The minimum Gasteiger partial charge on any atom is -0.380 e. The summed E-state index contributed by atoms with van der Waals surface area (Å²) in [5.74, 6) is -0.211. The van der Waals surface area contributed by atoms with Crippen LogP contribution < -0.4 is 5.32 Å². The van der Waals surface area contributed by atoms with Gasteiger partial charge < -0.3 is 5.32 Å². The topological polar surface area (TPSA) is 12.0 Å². The maximum Gasteiger partial charge on any atom is 0.123 e. The first-order chi connectivity index (χ1) is 8.15. The molecule has 0 saturated heterocycles. The highest BCUT2D eigenvalue weighted by molar-refractivity contribution is 9.11. The van der Waals surface area contributed by atoms with Crippen LogP contribution >= 0.6 is 31.9 Å². The zero-order valence-electron chi connectivity index (χ0n) is 8.88. The fraction of sp³-hybridized carbons (Fsp3) is 0.0769. The van der Waals surface area contributed by atoms with Gasteiger partial charge >= 0.3 is 0 Å². The minimum atomic E-state index is -0.211. The molecule has 0 amide bonds. The van der Waals surface area contributed by atoms with Gasteiger partial charge in [-0.2, -0.15) is 0 Å². The van der Waals surface area contributed by atoms with Crippen molar-refractivity contribution in [1.29, 1.82) is 0 Å². The summed E-state index contributed by atoms with van der Waals surface area (Å²) in [4.78, 5) is 0. The van der Waals surface area contributed by atoms with Crippen molar-refractivity contribution in [2.45, 2.75) is 6.54 Å². The standard InChI is InChI=1S/C13H10Br2FN/c14-10-3-6-12(15)13(7-10)17-8-9-1-4-11(16)5-2-9/h1-7,17H,8H2. The lowest BCUT2D eigenvalue weighted by molar-refractivity contribution is 0.627. The Labute approximate surface area is 116 Å². The lowest BCUT2D eigenvalue weighted by Gasteiger charge is -2.09. The van der Waals surface area contributed by atoms with Gasteiger partial charge in [0.05, 0.1) is 0 Å². The highest BCUT2D eigenvalue weighted by Crippen LogP contribution is 2.26. The van der Waals surface area contributed by atoms with Crippen LogP contribution in [0.5, 0.6) is 0 Å². The molecule has 0 spiro atoms. The van der Waals surface area contributed by atoms with Gasteiger partial charge in [-0.3, -0.25) is 0 Å². The van der Waals surface area contributed by atoms with Crippen molar-refractivity contribution in [3.63, 3.8) is 0 Å². The quantitative estimate of drug-likeness (QED) is 0.817. The van der Waals surface area contributed by atoms with Crippen molar-refractivity contribution < 1.29 is 4.39 Å². The predicted octanol–water partition coefficient (Wildman–Crippen LogP) is 4.96. The van der Waals surface area contributed by atoms with Crippen molar-refractivity contribution in [2.24, 2.45) is 0 Å². The third kappa shape index (κ3) is 3.54. The average molecular weight is 359 g/mol. The molecular weight excluding hydrogens is 349 g/mol. The Morgan fingerprint density at radius 3 is 2.41 bits per heavy atom. The smallest absolute Gasteiger partial charge is 0.123 e. The van der Waals surface area contributed by atoms with Gasteiger partial charge in [-0.05, 0) is 51.8 Å². The fourth-order valence-electron chi connectivity index (χ4n) is 1.43. The Bertz CT molecular complexity index is 511.